The molecular formula is C19H15N3O4S. The van der Waals surface area contributed by atoms with Gasteiger partial charge in [-0.1, -0.05) is 0 Å². The zero-order valence-corrected chi connectivity index (χ0v) is 15.1. The van der Waals surface area contributed by atoms with Crippen LogP contribution in [-0.4, -0.2) is 22.5 Å². The average Bonchev–Trinajstić information content (AvgIpc) is 3.25. The van der Waals surface area contributed by atoms with E-state index in [0.29, 0.717) is 27.4 Å². The minimum Gasteiger partial charge on any atom is -0.482 e. The van der Waals surface area contributed by atoms with Crippen LogP contribution in [0, 0.1) is 11.3 Å². The van der Waals surface area contributed by atoms with Crippen LogP contribution in [0.2, 0.25) is 0 Å². The number of aryl methyl sites for hydroxylation is 2. The Morgan fingerprint density at radius 2 is 2.11 bits per heavy atom. The molecule has 2 aromatic heterocycles. The molecule has 0 bridgehead atoms. The summed E-state index contributed by atoms with van der Waals surface area (Å²) in [5.41, 5.74) is 1.44. The van der Waals surface area contributed by atoms with Crippen LogP contribution in [0.5, 0.6) is 5.75 Å². The first kappa shape index (κ1) is 17.2. The second kappa shape index (κ2) is 7.21. The maximum atomic E-state index is 12.4. The molecule has 0 amide bonds. The van der Waals surface area contributed by atoms with E-state index in [1.807, 2.05) is 6.07 Å². The van der Waals surface area contributed by atoms with Crippen LogP contribution < -0.4 is 10.3 Å². The number of hydrogen-bond donors (Lipinski definition) is 1. The lowest BCUT2D eigenvalue weighted by Crippen LogP contribution is -2.18. The molecule has 0 atom stereocenters. The molecule has 1 aliphatic rings. The van der Waals surface area contributed by atoms with Crippen LogP contribution in [-0.2, 0) is 29.0 Å². The number of rotatable bonds is 5. The summed E-state index contributed by atoms with van der Waals surface area (Å²) < 4.78 is 10.4. The Kier molecular flexibility index (Phi) is 4.60. The normalized spacial score (nSPS) is 12.6. The number of nitrogens with zero attached hydrogens (tertiary/aromatic N) is 2. The monoisotopic (exact) mass is 381 g/mol. The minimum absolute atomic E-state index is 0.122. The van der Waals surface area contributed by atoms with Crippen LogP contribution in [0.15, 0.2) is 29.1 Å². The van der Waals surface area contributed by atoms with E-state index in [4.69, 9.17) is 14.7 Å². The Balaban J connectivity index is 1.37. The number of ether oxygens (including phenoxy) is 2. The van der Waals surface area contributed by atoms with Crippen molar-refractivity contribution in [1.29, 1.82) is 5.26 Å². The van der Waals surface area contributed by atoms with E-state index in [2.05, 4.69) is 9.97 Å². The van der Waals surface area contributed by atoms with Crippen LogP contribution in [0.4, 0.5) is 0 Å². The van der Waals surface area contributed by atoms with Crippen LogP contribution in [0.3, 0.4) is 0 Å². The molecule has 0 spiro atoms. The number of aromatic amines is 1. The van der Waals surface area contributed by atoms with Gasteiger partial charge in [0, 0.05) is 4.88 Å². The number of carbonyl (C=O) groups excluding carboxylic acids is 1. The summed E-state index contributed by atoms with van der Waals surface area (Å²) in [6, 6.07) is 8.42. The van der Waals surface area contributed by atoms with Crippen molar-refractivity contribution in [2.24, 2.45) is 0 Å². The summed E-state index contributed by atoms with van der Waals surface area (Å²) in [6.45, 7) is -0.394. The molecular weight excluding hydrogens is 366 g/mol. The van der Waals surface area contributed by atoms with Crippen molar-refractivity contribution in [2.75, 3.05) is 6.61 Å². The predicted octanol–water partition coefficient (Wildman–Crippen LogP) is 2.47. The third-order valence-electron chi connectivity index (χ3n) is 4.33. The maximum absolute atomic E-state index is 12.4. The zero-order valence-electron chi connectivity index (χ0n) is 14.3. The van der Waals surface area contributed by atoms with E-state index in [9.17, 15) is 9.59 Å². The van der Waals surface area contributed by atoms with Gasteiger partial charge < -0.3 is 14.5 Å². The average molecular weight is 381 g/mol. The Morgan fingerprint density at radius 3 is 2.89 bits per heavy atom. The number of nitrogens with one attached hydrogen (secondary N) is 1. The predicted molar refractivity (Wildman–Crippen MR) is 98.7 cm³/mol. The lowest BCUT2D eigenvalue weighted by atomic mass is 10.2. The third-order valence-corrected chi connectivity index (χ3v) is 5.52. The first-order chi connectivity index (χ1) is 13.1. The molecule has 0 fully saturated rings. The van der Waals surface area contributed by atoms with E-state index in [-0.39, 0.29) is 18.8 Å². The van der Waals surface area contributed by atoms with Crippen LogP contribution in [0.1, 0.15) is 28.2 Å². The number of esters is 1. The van der Waals surface area contributed by atoms with Crippen LogP contribution in [0.25, 0.3) is 10.2 Å². The van der Waals surface area contributed by atoms with Gasteiger partial charge in [0.2, 0.25) is 0 Å². The number of thiophene rings is 1. The molecule has 1 aromatic carbocycles. The van der Waals surface area contributed by atoms with Crippen molar-refractivity contribution in [2.45, 2.75) is 25.9 Å². The first-order valence-corrected chi connectivity index (χ1v) is 9.27. The molecule has 0 unspecified atom stereocenters. The van der Waals surface area contributed by atoms with Crippen molar-refractivity contribution in [3.05, 3.63) is 56.4 Å². The van der Waals surface area contributed by atoms with Gasteiger partial charge in [0.25, 0.3) is 5.56 Å². The van der Waals surface area contributed by atoms with E-state index >= 15 is 0 Å². The molecule has 1 N–H and O–H groups in total. The molecule has 8 heteroatoms. The molecule has 3 aromatic rings. The van der Waals surface area contributed by atoms with Gasteiger partial charge in [-0.15, -0.1) is 11.3 Å². The first-order valence-electron chi connectivity index (χ1n) is 8.46. The molecule has 1 aliphatic carbocycles. The summed E-state index contributed by atoms with van der Waals surface area (Å²) in [7, 11) is 0. The topological polar surface area (TPSA) is 105 Å². The van der Waals surface area contributed by atoms with Crippen molar-refractivity contribution >= 4 is 27.5 Å². The highest BCUT2D eigenvalue weighted by molar-refractivity contribution is 7.18. The Bertz CT molecular complexity index is 1110. The highest BCUT2D eigenvalue weighted by Crippen LogP contribution is 2.34. The smallest absolute Gasteiger partial charge is 0.344 e. The molecule has 27 heavy (non-hydrogen) atoms. The number of carbonyl (C=O) groups is 1. The Morgan fingerprint density at radius 1 is 1.30 bits per heavy atom. The van der Waals surface area contributed by atoms with Crippen LogP contribution >= 0.6 is 11.3 Å². The second-order valence-corrected chi connectivity index (χ2v) is 7.22. The minimum atomic E-state index is -0.573. The van der Waals surface area contributed by atoms with Gasteiger partial charge >= 0.3 is 5.97 Å². The number of fused-ring (bicyclic) bond motifs is 3. The molecule has 4 rings (SSSR count). The fraction of sp³-hybridized carbons (Fsp3) is 0.263. The summed E-state index contributed by atoms with van der Waals surface area (Å²) in [6.07, 6.45) is 2.99. The second-order valence-electron chi connectivity index (χ2n) is 6.14. The standard InChI is InChI=1S/C19H15N3O4S/c20-8-11-4-6-12(7-5-11)25-10-16(23)26-9-15-21-18(24)17-13-2-1-3-14(13)27-19(17)22-15/h4-7H,1-3,9-10H2,(H,21,22,24). The summed E-state index contributed by atoms with van der Waals surface area (Å²) >= 11 is 1.54. The molecule has 0 aliphatic heterocycles. The Labute approximate surface area is 158 Å². The number of H-pyrrole nitrogens is 1. The van der Waals surface area contributed by atoms with Gasteiger partial charge in [-0.25, -0.2) is 9.78 Å². The zero-order chi connectivity index (χ0) is 18.8. The molecule has 2 heterocycles. The van der Waals surface area contributed by atoms with Gasteiger partial charge in [0.05, 0.1) is 17.0 Å². The van der Waals surface area contributed by atoms with Gasteiger partial charge in [0.15, 0.2) is 6.61 Å². The lowest BCUT2D eigenvalue weighted by molar-refractivity contribution is -0.147. The van der Waals surface area contributed by atoms with Crippen molar-refractivity contribution in [3.63, 3.8) is 0 Å². The lowest BCUT2D eigenvalue weighted by Gasteiger charge is -2.07. The van der Waals surface area contributed by atoms with Gasteiger partial charge in [0.1, 0.15) is 23.0 Å². The fourth-order valence-corrected chi connectivity index (χ4v) is 4.35. The fourth-order valence-electron chi connectivity index (χ4n) is 3.07. The van der Waals surface area contributed by atoms with E-state index in [1.54, 1.807) is 35.6 Å². The van der Waals surface area contributed by atoms with Gasteiger partial charge in [-0.05, 0) is 49.1 Å². The third kappa shape index (κ3) is 3.55. The van der Waals surface area contributed by atoms with E-state index in [0.717, 1.165) is 24.8 Å². The van der Waals surface area contributed by atoms with Crippen molar-refractivity contribution in [1.82, 2.24) is 9.97 Å². The summed E-state index contributed by atoms with van der Waals surface area (Å²) in [5.74, 6) is 0.210. The number of hydrogen-bond acceptors (Lipinski definition) is 7. The number of aromatic nitrogens is 2. The summed E-state index contributed by atoms with van der Waals surface area (Å²) in [4.78, 5) is 33.3. The number of benzene rings is 1. The molecule has 0 saturated heterocycles. The Hall–Kier alpha value is -3.18. The molecule has 0 radical (unpaired) electrons. The highest BCUT2D eigenvalue weighted by Gasteiger charge is 2.21. The quantitative estimate of drug-likeness (QED) is 0.681. The largest absolute Gasteiger partial charge is 0.482 e. The molecule has 0 saturated carbocycles. The van der Waals surface area contributed by atoms with E-state index in [1.165, 1.54) is 4.88 Å². The SMILES string of the molecule is N#Cc1ccc(OCC(=O)OCc2nc3sc4c(c3c(=O)[nH]2)CCC4)cc1. The number of nitriles is 1. The maximum Gasteiger partial charge on any atom is 0.344 e. The molecule has 7 nitrogen and oxygen atoms in total. The molecule has 136 valence electrons. The van der Waals surface area contributed by atoms with Gasteiger partial charge in [-0.3, -0.25) is 4.79 Å². The highest BCUT2D eigenvalue weighted by atomic mass is 32.1. The summed E-state index contributed by atoms with van der Waals surface area (Å²) in [5, 5.41) is 9.42. The van der Waals surface area contributed by atoms with Crippen molar-refractivity contribution < 1.29 is 14.3 Å². The van der Waals surface area contributed by atoms with Gasteiger partial charge in [-0.2, -0.15) is 5.26 Å². The van der Waals surface area contributed by atoms with Crippen molar-refractivity contribution in [3.8, 4) is 11.8 Å². The van der Waals surface area contributed by atoms with E-state index < -0.39 is 5.97 Å².